The molecular formula is C15H30N2O3. The number of rotatable bonds is 8. The van der Waals surface area contributed by atoms with Crippen molar-refractivity contribution in [3.63, 3.8) is 0 Å². The van der Waals surface area contributed by atoms with Crippen molar-refractivity contribution in [2.24, 2.45) is 11.8 Å². The van der Waals surface area contributed by atoms with E-state index in [0.717, 1.165) is 38.4 Å². The molecule has 1 aliphatic rings. The van der Waals surface area contributed by atoms with Gasteiger partial charge in [0.15, 0.2) is 0 Å². The van der Waals surface area contributed by atoms with Gasteiger partial charge in [-0.25, -0.2) is 4.79 Å². The summed E-state index contributed by atoms with van der Waals surface area (Å²) >= 11 is 0. The molecule has 0 unspecified atom stereocenters. The van der Waals surface area contributed by atoms with Crippen LogP contribution in [0.1, 0.15) is 39.0 Å². The first-order valence-electron chi connectivity index (χ1n) is 7.84. The van der Waals surface area contributed by atoms with Crippen LogP contribution in [0.5, 0.6) is 0 Å². The summed E-state index contributed by atoms with van der Waals surface area (Å²) in [5.41, 5.74) is 0. The summed E-state index contributed by atoms with van der Waals surface area (Å²) in [5, 5.41) is 17.9. The maximum atomic E-state index is 10.8. The van der Waals surface area contributed by atoms with Gasteiger partial charge in [0.2, 0.25) is 0 Å². The number of carbonyl (C=O) groups is 1. The zero-order chi connectivity index (χ0) is 15.0. The molecule has 0 bridgehead atoms. The lowest BCUT2D eigenvalue weighted by Gasteiger charge is -2.31. The lowest BCUT2D eigenvalue weighted by Crippen LogP contribution is -2.33. The van der Waals surface area contributed by atoms with Gasteiger partial charge in [-0.15, -0.1) is 0 Å². The van der Waals surface area contributed by atoms with E-state index in [1.165, 1.54) is 24.2 Å². The highest BCUT2D eigenvalue weighted by Crippen LogP contribution is 2.31. The molecule has 1 fully saturated rings. The molecular weight excluding hydrogens is 256 g/mol. The second-order valence-electron chi connectivity index (χ2n) is 6.00. The van der Waals surface area contributed by atoms with Gasteiger partial charge in [-0.3, -0.25) is 0 Å². The quantitative estimate of drug-likeness (QED) is 0.717. The van der Waals surface area contributed by atoms with E-state index in [0.29, 0.717) is 12.5 Å². The molecule has 1 saturated carbocycles. The van der Waals surface area contributed by atoms with Crippen LogP contribution in [0.15, 0.2) is 0 Å². The maximum Gasteiger partial charge on any atom is 0.407 e. The Kier molecular flexibility index (Phi) is 7.92. The second-order valence-corrected chi connectivity index (χ2v) is 6.00. The van der Waals surface area contributed by atoms with Gasteiger partial charge in [0, 0.05) is 20.1 Å². The Morgan fingerprint density at radius 3 is 2.25 bits per heavy atom. The molecule has 0 saturated heterocycles. The Labute approximate surface area is 122 Å². The second kappa shape index (κ2) is 9.19. The Balaban J connectivity index is 2.20. The van der Waals surface area contributed by atoms with Crippen LogP contribution >= 0.6 is 0 Å². The van der Waals surface area contributed by atoms with Crippen molar-refractivity contribution in [2.45, 2.75) is 39.0 Å². The first-order chi connectivity index (χ1) is 9.56. The third-order valence-electron chi connectivity index (χ3n) is 4.54. The lowest BCUT2D eigenvalue weighted by atomic mass is 9.80. The smallest absolute Gasteiger partial charge is 0.407 e. The Hall–Kier alpha value is -0.810. The number of aliphatic hydroxyl groups excluding tert-OH is 1. The molecule has 1 amide bonds. The van der Waals surface area contributed by atoms with Crippen molar-refractivity contribution >= 4 is 6.09 Å². The van der Waals surface area contributed by atoms with Crippen molar-refractivity contribution < 1.29 is 15.0 Å². The highest BCUT2D eigenvalue weighted by molar-refractivity contribution is 5.64. The summed E-state index contributed by atoms with van der Waals surface area (Å²) in [4.78, 5) is 14.5. The molecule has 0 atom stereocenters. The number of hydrogen-bond acceptors (Lipinski definition) is 3. The minimum Gasteiger partial charge on any atom is -0.465 e. The Morgan fingerprint density at radius 1 is 1.15 bits per heavy atom. The van der Waals surface area contributed by atoms with Crippen molar-refractivity contribution in [1.29, 1.82) is 0 Å². The molecule has 5 nitrogen and oxygen atoms in total. The van der Waals surface area contributed by atoms with Gasteiger partial charge >= 0.3 is 6.09 Å². The molecule has 0 radical (unpaired) electrons. The van der Waals surface area contributed by atoms with Crippen molar-refractivity contribution in [2.75, 3.05) is 39.8 Å². The van der Waals surface area contributed by atoms with E-state index in [4.69, 9.17) is 10.2 Å². The van der Waals surface area contributed by atoms with Gasteiger partial charge < -0.3 is 20.0 Å². The average molecular weight is 286 g/mol. The summed E-state index contributed by atoms with van der Waals surface area (Å²) in [7, 11) is 1.66. The zero-order valence-electron chi connectivity index (χ0n) is 12.9. The van der Waals surface area contributed by atoms with Gasteiger partial charge in [0.25, 0.3) is 0 Å². The topological polar surface area (TPSA) is 64.0 Å². The molecule has 1 aliphatic carbocycles. The number of amides is 1. The lowest BCUT2D eigenvalue weighted by molar-refractivity contribution is 0.136. The molecule has 0 aromatic heterocycles. The van der Waals surface area contributed by atoms with Crippen LogP contribution in [0.3, 0.4) is 0 Å². The van der Waals surface area contributed by atoms with E-state index in [2.05, 4.69) is 11.8 Å². The highest BCUT2D eigenvalue weighted by atomic mass is 16.4. The van der Waals surface area contributed by atoms with E-state index >= 15 is 0 Å². The van der Waals surface area contributed by atoms with E-state index in [9.17, 15) is 4.79 Å². The molecule has 1 rings (SSSR count). The van der Waals surface area contributed by atoms with Gasteiger partial charge in [0.05, 0.1) is 6.61 Å². The fourth-order valence-corrected chi connectivity index (χ4v) is 3.10. The SMILES string of the molecule is CCN(CCO)CCC1CCC(CN(C)C(=O)O)CC1. The Bertz CT molecular complexity index is 278. The predicted octanol–water partition coefficient (Wildman–Crippen LogP) is 2.11. The van der Waals surface area contributed by atoms with Gasteiger partial charge in [-0.2, -0.15) is 0 Å². The van der Waals surface area contributed by atoms with Crippen LogP contribution in [-0.4, -0.2) is 65.9 Å². The summed E-state index contributed by atoms with van der Waals surface area (Å²) in [5.74, 6) is 1.31. The predicted molar refractivity (Wildman–Crippen MR) is 79.9 cm³/mol. The molecule has 5 heteroatoms. The number of likely N-dealkylation sites (N-methyl/N-ethyl adjacent to an activating group) is 1. The third-order valence-corrected chi connectivity index (χ3v) is 4.54. The average Bonchev–Trinajstić information content (AvgIpc) is 2.44. The number of aliphatic hydroxyl groups is 1. The summed E-state index contributed by atoms with van der Waals surface area (Å²) in [6.45, 7) is 5.89. The molecule has 20 heavy (non-hydrogen) atoms. The first-order valence-corrected chi connectivity index (χ1v) is 7.84. The highest BCUT2D eigenvalue weighted by Gasteiger charge is 2.23. The van der Waals surface area contributed by atoms with E-state index in [-0.39, 0.29) is 6.61 Å². The largest absolute Gasteiger partial charge is 0.465 e. The van der Waals surface area contributed by atoms with Crippen LogP contribution in [-0.2, 0) is 0 Å². The summed E-state index contributed by atoms with van der Waals surface area (Å²) < 4.78 is 0. The molecule has 0 aliphatic heterocycles. The van der Waals surface area contributed by atoms with Gasteiger partial charge in [-0.05, 0) is 44.2 Å². The number of nitrogens with zero attached hydrogens (tertiary/aromatic N) is 2. The van der Waals surface area contributed by atoms with Crippen molar-refractivity contribution in [3.8, 4) is 0 Å². The Morgan fingerprint density at radius 2 is 1.75 bits per heavy atom. The van der Waals surface area contributed by atoms with Crippen molar-refractivity contribution in [1.82, 2.24) is 9.80 Å². The zero-order valence-corrected chi connectivity index (χ0v) is 12.9. The molecule has 0 aromatic rings. The summed E-state index contributed by atoms with van der Waals surface area (Å²) in [6, 6.07) is 0. The van der Waals surface area contributed by atoms with E-state index in [1.807, 2.05) is 0 Å². The van der Waals surface area contributed by atoms with Crippen molar-refractivity contribution in [3.05, 3.63) is 0 Å². The minimum absolute atomic E-state index is 0.238. The fourth-order valence-electron chi connectivity index (χ4n) is 3.10. The van der Waals surface area contributed by atoms with E-state index in [1.54, 1.807) is 7.05 Å². The van der Waals surface area contributed by atoms with Crippen LogP contribution in [0.25, 0.3) is 0 Å². The van der Waals surface area contributed by atoms with E-state index < -0.39 is 6.09 Å². The molecule has 118 valence electrons. The monoisotopic (exact) mass is 286 g/mol. The molecule has 0 spiro atoms. The molecule has 2 N–H and O–H groups in total. The van der Waals surface area contributed by atoms with Crippen LogP contribution in [0, 0.1) is 11.8 Å². The van der Waals surface area contributed by atoms with Crippen LogP contribution in [0.4, 0.5) is 4.79 Å². The minimum atomic E-state index is -0.824. The molecule has 0 heterocycles. The summed E-state index contributed by atoms with van der Waals surface area (Å²) in [6.07, 6.45) is 5.11. The standard InChI is InChI=1S/C15H30N2O3/c1-3-17(10-11-18)9-8-13-4-6-14(7-5-13)12-16(2)15(19)20/h13-14,18H,3-12H2,1-2H3,(H,19,20). The third kappa shape index (κ3) is 6.09. The molecule has 0 aromatic carbocycles. The first kappa shape index (κ1) is 17.2. The van der Waals surface area contributed by atoms with Crippen LogP contribution < -0.4 is 0 Å². The normalized spacial score (nSPS) is 23.0. The van der Waals surface area contributed by atoms with Crippen LogP contribution in [0.2, 0.25) is 0 Å². The number of hydrogen-bond donors (Lipinski definition) is 2. The van der Waals surface area contributed by atoms with Gasteiger partial charge in [-0.1, -0.05) is 19.8 Å². The van der Waals surface area contributed by atoms with Gasteiger partial charge in [0.1, 0.15) is 0 Å². The number of carboxylic acid groups (broad SMARTS) is 1. The maximum absolute atomic E-state index is 10.8. The fraction of sp³-hybridized carbons (Fsp3) is 0.933.